The van der Waals surface area contributed by atoms with Crippen LogP contribution < -0.4 is 5.32 Å². The molecule has 10 heteroatoms. The molecule has 1 amide bonds. The van der Waals surface area contributed by atoms with Crippen LogP contribution in [0.15, 0.2) is 30.7 Å². The van der Waals surface area contributed by atoms with E-state index in [0.717, 1.165) is 37.0 Å². The molecule has 1 N–H and O–H groups in total. The van der Waals surface area contributed by atoms with E-state index in [4.69, 9.17) is 0 Å². The molecular weight excluding hydrogens is 430 g/mol. The standard InChI is InChI=1S/C23H24F2N6O2/c1-13(32)22(5-6-22)30-12-15(11-27-30)28-21-26-7-4-19(29-21)14-8-16-2-3-17(9-14)31(16)20(33)18-10-23(18,24)25/h4,7-8,11-12,16-18H,2-3,5-6,9-10H2,1H3,(H,26,28,29)/t16?,17?,18-/m0/s1. The Bertz CT molecular complexity index is 1190. The predicted octanol–water partition coefficient (Wildman–Crippen LogP) is 3.30. The summed E-state index contributed by atoms with van der Waals surface area (Å²) in [5.74, 6) is -3.89. The van der Waals surface area contributed by atoms with Gasteiger partial charge in [0.25, 0.3) is 5.92 Å². The molecule has 2 aromatic heterocycles. The number of rotatable bonds is 6. The lowest BCUT2D eigenvalue weighted by atomic mass is 9.98. The van der Waals surface area contributed by atoms with Crippen molar-refractivity contribution in [3.63, 3.8) is 0 Å². The van der Waals surface area contributed by atoms with E-state index in [-0.39, 0.29) is 24.3 Å². The van der Waals surface area contributed by atoms with Crippen LogP contribution in [0.3, 0.4) is 0 Å². The number of aromatic nitrogens is 4. The lowest BCUT2D eigenvalue weighted by molar-refractivity contribution is -0.137. The minimum Gasteiger partial charge on any atom is -0.332 e. The molecule has 33 heavy (non-hydrogen) atoms. The molecule has 2 aromatic rings. The Morgan fingerprint density at radius 2 is 2.03 bits per heavy atom. The van der Waals surface area contributed by atoms with E-state index in [1.165, 1.54) is 0 Å². The zero-order valence-corrected chi connectivity index (χ0v) is 18.2. The molecule has 172 valence electrons. The highest BCUT2D eigenvalue weighted by Gasteiger charge is 2.63. The Kier molecular flexibility index (Phi) is 4.28. The molecule has 4 heterocycles. The van der Waals surface area contributed by atoms with Crippen molar-refractivity contribution in [2.24, 2.45) is 5.92 Å². The van der Waals surface area contributed by atoms with Crippen LogP contribution in [0.1, 0.15) is 51.1 Å². The molecular formula is C23H24F2N6O2. The number of hydrogen-bond donors (Lipinski definition) is 1. The number of carbonyl (C=O) groups excluding carboxylic acids is 2. The third-order valence-electron chi connectivity index (χ3n) is 7.41. The fraction of sp³-hybridized carbons (Fsp3) is 0.522. The second-order valence-electron chi connectivity index (χ2n) is 9.61. The summed E-state index contributed by atoms with van der Waals surface area (Å²) in [4.78, 5) is 35.1. The minimum atomic E-state index is -2.84. The van der Waals surface area contributed by atoms with Crippen LogP contribution in [0.25, 0.3) is 5.57 Å². The molecule has 3 atom stereocenters. The maximum Gasteiger partial charge on any atom is 0.260 e. The SMILES string of the molecule is CC(=O)C1(n2cc(Nc3nccc(C4=CC5CCC(C4)N5C(=O)[C@@H]4CC4(F)F)n3)cn2)CC1. The summed E-state index contributed by atoms with van der Waals surface area (Å²) in [5, 5.41) is 7.49. The molecule has 4 aliphatic rings. The van der Waals surface area contributed by atoms with Crippen molar-refractivity contribution < 1.29 is 18.4 Å². The van der Waals surface area contributed by atoms with Crippen LogP contribution >= 0.6 is 0 Å². The van der Waals surface area contributed by atoms with Gasteiger partial charge in [0.15, 0.2) is 5.78 Å². The van der Waals surface area contributed by atoms with Crippen molar-refractivity contribution in [1.82, 2.24) is 24.6 Å². The molecule has 1 saturated heterocycles. The minimum absolute atomic E-state index is 0.0650. The van der Waals surface area contributed by atoms with Gasteiger partial charge in [-0.05, 0) is 50.7 Å². The molecule has 0 spiro atoms. The van der Waals surface area contributed by atoms with E-state index in [1.807, 2.05) is 12.1 Å². The van der Waals surface area contributed by atoms with E-state index in [1.54, 1.807) is 35.1 Å². The van der Waals surface area contributed by atoms with Crippen LogP contribution in [0.4, 0.5) is 20.4 Å². The fourth-order valence-corrected chi connectivity index (χ4v) is 5.23. The molecule has 6 rings (SSSR count). The maximum absolute atomic E-state index is 13.4. The summed E-state index contributed by atoms with van der Waals surface area (Å²) in [5.41, 5.74) is 1.94. The van der Waals surface area contributed by atoms with Gasteiger partial charge in [0.2, 0.25) is 11.9 Å². The first kappa shape index (κ1) is 20.4. The Morgan fingerprint density at radius 3 is 2.70 bits per heavy atom. The number of alkyl halides is 2. The maximum atomic E-state index is 13.4. The highest BCUT2D eigenvalue weighted by atomic mass is 19.3. The topological polar surface area (TPSA) is 93.0 Å². The molecule has 2 bridgehead atoms. The summed E-state index contributed by atoms with van der Waals surface area (Å²) in [6, 6.07) is 1.60. The van der Waals surface area contributed by atoms with Crippen molar-refractivity contribution in [2.75, 3.05) is 5.32 Å². The first-order valence-corrected chi connectivity index (χ1v) is 11.3. The van der Waals surface area contributed by atoms with Crippen molar-refractivity contribution in [2.45, 2.75) is 69.0 Å². The fourth-order valence-electron chi connectivity index (χ4n) is 5.23. The Balaban J connectivity index is 1.19. The third-order valence-corrected chi connectivity index (χ3v) is 7.41. The van der Waals surface area contributed by atoms with Crippen LogP contribution in [0.5, 0.6) is 0 Å². The average Bonchev–Trinajstić information content (AvgIpc) is 3.63. The van der Waals surface area contributed by atoms with E-state index in [0.29, 0.717) is 18.1 Å². The average molecular weight is 454 g/mol. The Morgan fingerprint density at radius 1 is 1.24 bits per heavy atom. The summed E-state index contributed by atoms with van der Waals surface area (Å²) < 4.78 is 28.6. The number of halogens is 2. The van der Waals surface area contributed by atoms with Crippen LogP contribution in [0, 0.1) is 5.92 Å². The zero-order chi connectivity index (χ0) is 23.0. The van der Waals surface area contributed by atoms with Gasteiger partial charge in [-0.2, -0.15) is 5.10 Å². The summed E-state index contributed by atoms with van der Waals surface area (Å²) >= 11 is 0. The number of ketones is 1. The molecule has 0 radical (unpaired) electrons. The Labute approximate surface area is 189 Å². The van der Waals surface area contributed by atoms with Gasteiger partial charge in [0, 0.05) is 24.9 Å². The van der Waals surface area contributed by atoms with E-state index < -0.39 is 23.3 Å². The molecule has 2 unspecified atom stereocenters. The smallest absolute Gasteiger partial charge is 0.260 e. The molecule has 3 fully saturated rings. The summed E-state index contributed by atoms with van der Waals surface area (Å²) in [6.45, 7) is 1.59. The number of amides is 1. The lowest BCUT2D eigenvalue weighted by Crippen LogP contribution is -2.44. The van der Waals surface area contributed by atoms with Crippen LogP contribution in [-0.2, 0) is 15.1 Å². The molecule has 0 aromatic carbocycles. The van der Waals surface area contributed by atoms with E-state index in [9.17, 15) is 18.4 Å². The zero-order valence-electron chi connectivity index (χ0n) is 18.2. The molecule has 2 aliphatic carbocycles. The second-order valence-corrected chi connectivity index (χ2v) is 9.61. The summed E-state index contributed by atoms with van der Waals surface area (Å²) in [7, 11) is 0. The number of carbonyl (C=O) groups is 2. The number of anilines is 2. The van der Waals surface area contributed by atoms with Gasteiger partial charge in [-0.1, -0.05) is 6.08 Å². The van der Waals surface area contributed by atoms with Crippen molar-refractivity contribution >= 4 is 28.9 Å². The van der Waals surface area contributed by atoms with Crippen LogP contribution in [0.2, 0.25) is 0 Å². The molecule has 2 saturated carbocycles. The van der Waals surface area contributed by atoms with Gasteiger partial charge in [-0.15, -0.1) is 0 Å². The largest absolute Gasteiger partial charge is 0.332 e. The lowest BCUT2D eigenvalue weighted by Gasteiger charge is -2.34. The number of nitrogens with one attached hydrogen (secondary N) is 1. The van der Waals surface area contributed by atoms with Crippen molar-refractivity contribution in [1.29, 1.82) is 0 Å². The highest BCUT2D eigenvalue weighted by molar-refractivity contribution is 5.87. The van der Waals surface area contributed by atoms with Gasteiger partial charge in [-0.3, -0.25) is 14.3 Å². The molecule has 8 nitrogen and oxygen atoms in total. The summed E-state index contributed by atoms with van der Waals surface area (Å²) in [6.07, 6.45) is 10.5. The quantitative estimate of drug-likeness (QED) is 0.720. The highest BCUT2D eigenvalue weighted by Crippen LogP contribution is 2.51. The monoisotopic (exact) mass is 454 g/mol. The number of fused-ring (bicyclic) bond motifs is 2. The first-order valence-electron chi connectivity index (χ1n) is 11.3. The van der Waals surface area contributed by atoms with E-state index >= 15 is 0 Å². The van der Waals surface area contributed by atoms with Crippen molar-refractivity contribution in [3.8, 4) is 0 Å². The van der Waals surface area contributed by atoms with Gasteiger partial charge in [-0.25, -0.2) is 18.7 Å². The number of Topliss-reactive ketones (excluding diaryl/α,β-unsaturated/α-hetero) is 1. The van der Waals surface area contributed by atoms with Gasteiger partial charge in [0.1, 0.15) is 11.5 Å². The van der Waals surface area contributed by atoms with Gasteiger partial charge < -0.3 is 10.2 Å². The number of nitrogens with zero attached hydrogens (tertiary/aromatic N) is 5. The Hall–Kier alpha value is -3.17. The first-order chi connectivity index (χ1) is 15.8. The van der Waals surface area contributed by atoms with Gasteiger partial charge >= 0.3 is 0 Å². The van der Waals surface area contributed by atoms with Crippen LogP contribution in [-0.4, -0.2) is 54.3 Å². The molecule has 2 aliphatic heterocycles. The normalized spacial score (nSPS) is 28.3. The van der Waals surface area contributed by atoms with Crippen molar-refractivity contribution in [3.05, 3.63) is 36.4 Å². The van der Waals surface area contributed by atoms with E-state index in [2.05, 4.69) is 20.4 Å². The van der Waals surface area contributed by atoms with Gasteiger partial charge in [0.05, 0.1) is 23.6 Å². The number of hydrogen-bond acceptors (Lipinski definition) is 6. The third kappa shape index (κ3) is 3.34. The second kappa shape index (κ2) is 6.91. The predicted molar refractivity (Wildman–Crippen MR) is 115 cm³/mol.